The van der Waals surface area contributed by atoms with Crippen molar-refractivity contribution in [2.75, 3.05) is 0 Å². The van der Waals surface area contributed by atoms with Gasteiger partial charge in [0.25, 0.3) is 5.91 Å². The van der Waals surface area contributed by atoms with E-state index in [1.807, 2.05) is 42.5 Å². The van der Waals surface area contributed by atoms with Gasteiger partial charge in [0.15, 0.2) is 6.10 Å². The third-order valence-corrected chi connectivity index (χ3v) is 5.03. The summed E-state index contributed by atoms with van der Waals surface area (Å²) in [4.78, 5) is 11.2. The average molecular weight is 416 g/mol. The maximum Gasteiger partial charge on any atom is 0.258 e. The van der Waals surface area contributed by atoms with Gasteiger partial charge in [-0.05, 0) is 47.9 Å². The molecule has 144 valence electrons. The molecule has 3 rings (SSSR count). The second-order valence-electron chi connectivity index (χ2n) is 6.42. The quantitative estimate of drug-likeness (QED) is 0.580. The zero-order valence-corrected chi connectivity index (χ0v) is 16.7. The predicted octanol–water partition coefficient (Wildman–Crippen LogP) is 5.21. The lowest BCUT2D eigenvalue weighted by Gasteiger charge is -2.15. The number of nitrogens with two attached hydrogens (primary N) is 1. The first-order valence-electron chi connectivity index (χ1n) is 8.66. The smallest absolute Gasteiger partial charge is 0.258 e. The number of carbonyl (C=O) groups is 1. The van der Waals surface area contributed by atoms with E-state index >= 15 is 0 Å². The van der Waals surface area contributed by atoms with Crippen molar-refractivity contribution in [3.8, 4) is 22.6 Å². The van der Waals surface area contributed by atoms with Crippen LogP contribution in [0.4, 0.5) is 0 Å². The first kappa shape index (κ1) is 20.1. The number of benzene rings is 3. The zero-order chi connectivity index (χ0) is 20.3. The number of hydrogen-bond donors (Lipinski definition) is 2. The Morgan fingerprint density at radius 2 is 1.71 bits per heavy atom. The molecule has 3 aromatic carbocycles. The molecule has 4 nitrogen and oxygen atoms in total. The molecule has 3 aromatic rings. The highest BCUT2D eigenvalue weighted by molar-refractivity contribution is 6.36. The van der Waals surface area contributed by atoms with E-state index < -0.39 is 12.0 Å². The van der Waals surface area contributed by atoms with E-state index in [1.54, 1.807) is 25.1 Å². The highest BCUT2D eigenvalue weighted by Gasteiger charge is 2.15. The summed E-state index contributed by atoms with van der Waals surface area (Å²) in [7, 11) is 0. The summed E-state index contributed by atoms with van der Waals surface area (Å²) >= 11 is 12.8. The summed E-state index contributed by atoms with van der Waals surface area (Å²) in [6.07, 6.45) is -0.313. The normalized spacial score (nSPS) is 11.8. The molecule has 0 aliphatic carbocycles. The number of halogens is 2. The van der Waals surface area contributed by atoms with Gasteiger partial charge in [-0.2, -0.15) is 0 Å². The number of aromatic hydroxyl groups is 1. The molecule has 1 amide bonds. The Morgan fingerprint density at radius 3 is 2.32 bits per heavy atom. The summed E-state index contributed by atoms with van der Waals surface area (Å²) in [6, 6.07) is 18.3. The van der Waals surface area contributed by atoms with Crippen molar-refractivity contribution in [1.82, 2.24) is 0 Å². The summed E-state index contributed by atoms with van der Waals surface area (Å²) in [5, 5.41) is 11.1. The Balaban J connectivity index is 1.89. The molecule has 0 saturated heterocycles. The number of hydrogen-bond acceptors (Lipinski definition) is 3. The van der Waals surface area contributed by atoms with E-state index in [9.17, 15) is 9.90 Å². The number of primary amides is 1. The molecule has 0 spiro atoms. The Kier molecular flexibility index (Phi) is 6.12. The van der Waals surface area contributed by atoms with Gasteiger partial charge in [-0.15, -0.1) is 0 Å². The Bertz CT molecular complexity index is 983. The van der Waals surface area contributed by atoms with Gasteiger partial charge in [0, 0.05) is 22.0 Å². The second kappa shape index (κ2) is 8.55. The van der Waals surface area contributed by atoms with Crippen LogP contribution < -0.4 is 10.5 Å². The van der Waals surface area contributed by atoms with Crippen LogP contribution in [0.5, 0.6) is 11.5 Å². The fourth-order valence-electron chi connectivity index (χ4n) is 2.83. The van der Waals surface area contributed by atoms with Crippen molar-refractivity contribution in [2.45, 2.75) is 19.4 Å². The lowest BCUT2D eigenvalue weighted by Crippen LogP contribution is -2.30. The first-order valence-corrected chi connectivity index (χ1v) is 9.42. The Labute approximate surface area is 173 Å². The molecule has 0 radical (unpaired) electrons. The van der Waals surface area contributed by atoms with Crippen LogP contribution in [0.2, 0.25) is 10.0 Å². The van der Waals surface area contributed by atoms with Crippen molar-refractivity contribution >= 4 is 29.1 Å². The molecular weight excluding hydrogens is 397 g/mol. The Morgan fingerprint density at radius 1 is 1.07 bits per heavy atom. The third-order valence-electron chi connectivity index (χ3n) is 4.35. The van der Waals surface area contributed by atoms with Gasteiger partial charge in [0.2, 0.25) is 0 Å². The van der Waals surface area contributed by atoms with E-state index in [-0.39, 0.29) is 5.75 Å². The number of phenols is 1. The standard InChI is InChI=1S/C22H19Cl2NO3/c1-13(22(25)27)28-16-11-19(23)18(20(24)12-16)10-14-7-8-21(26)17(9-14)15-5-3-2-4-6-15/h2-9,11-13,26H,10H2,1H3,(H2,25,27)/t13-/m1/s1. The maximum absolute atomic E-state index is 11.2. The van der Waals surface area contributed by atoms with Gasteiger partial charge in [-0.1, -0.05) is 59.6 Å². The molecule has 3 N–H and O–H groups in total. The number of amides is 1. The van der Waals surface area contributed by atoms with Gasteiger partial charge in [0.05, 0.1) is 0 Å². The topological polar surface area (TPSA) is 72.6 Å². The molecule has 0 aromatic heterocycles. The van der Waals surface area contributed by atoms with Crippen LogP contribution in [0.15, 0.2) is 60.7 Å². The van der Waals surface area contributed by atoms with Crippen LogP contribution in [0.25, 0.3) is 11.1 Å². The summed E-state index contributed by atoms with van der Waals surface area (Å²) < 4.78 is 5.46. The molecule has 0 unspecified atom stereocenters. The lowest BCUT2D eigenvalue weighted by molar-refractivity contribution is -0.123. The molecule has 0 aliphatic heterocycles. The number of carbonyl (C=O) groups excluding carboxylic acids is 1. The van der Waals surface area contributed by atoms with E-state index in [0.29, 0.717) is 22.2 Å². The van der Waals surface area contributed by atoms with Crippen LogP contribution in [0.1, 0.15) is 18.1 Å². The molecule has 0 bridgehead atoms. The third kappa shape index (κ3) is 4.58. The molecule has 0 heterocycles. The van der Waals surface area contributed by atoms with E-state index in [0.717, 1.165) is 22.3 Å². The first-order chi connectivity index (χ1) is 13.3. The predicted molar refractivity (Wildman–Crippen MR) is 112 cm³/mol. The number of ether oxygens (including phenoxy) is 1. The number of phenolic OH excluding ortho intramolecular Hbond substituents is 1. The van der Waals surface area contributed by atoms with Gasteiger partial charge >= 0.3 is 0 Å². The highest BCUT2D eigenvalue weighted by atomic mass is 35.5. The van der Waals surface area contributed by atoms with Crippen LogP contribution >= 0.6 is 23.2 Å². The Hall–Kier alpha value is -2.69. The monoisotopic (exact) mass is 415 g/mol. The molecule has 0 saturated carbocycles. The molecule has 6 heteroatoms. The second-order valence-corrected chi connectivity index (χ2v) is 7.24. The molecule has 0 aliphatic rings. The molecular formula is C22H19Cl2NO3. The van der Waals surface area contributed by atoms with Crippen molar-refractivity contribution in [1.29, 1.82) is 0 Å². The van der Waals surface area contributed by atoms with Gasteiger partial charge < -0.3 is 15.6 Å². The fraction of sp³-hybridized carbons (Fsp3) is 0.136. The minimum absolute atomic E-state index is 0.205. The van der Waals surface area contributed by atoms with Crippen LogP contribution in [-0.4, -0.2) is 17.1 Å². The number of rotatable bonds is 6. The van der Waals surface area contributed by atoms with Crippen LogP contribution in [0.3, 0.4) is 0 Å². The SMILES string of the molecule is C[C@@H](Oc1cc(Cl)c(Cc2ccc(O)c(-c3ccccc3)c2)c(Cl)c1)C(N)=O. The minimum Gasteiger partial charge on any atom is -0.507 e. The van der Waals surface area contributed by atoms with E-state index in [1.165, 1.54) is 0 Å². The molecule has 1 atom stereocenters. The van der Waals surface area contributed by atoms with Crippen molar-refractivity contribution in [3.63, 3.8) is 0 Å². The largest absolute Gasteiger partial charge is 0.507 e. The van der Waals surface area contributed by atoms with Gasteiger partial charge in [-0.3, -0.25) is 4.79 Å². The average Bonchev–Trinajstić information content (AvgIpc) is 2.66. The van der Waals surface area contributed by atoms with E-state index in [2.05, 4.69) is 0 Å². The lowest BCUT2D eigenvalue weighted by atomic mass is 9.98. The van der Waals surface area contributed by atoms with Gasteiger partial charge in [-0.25, -0.2) is 0 Å². The van der Waals surface area contributed by atoms with Crippen molar-refractivity contribution in [2.24, 2.45) is 5.73 Å². The summed E-state index contributed by atoms with van der Waals surface area (Å²) in [5.74, 6) is 0.00548. The zero-order valence-electron chi connectivity index (χ0n) is 15.2. The van der Waals surface area contributed by atoms with Crippen molar-refractivity contribution < 1.29 is 14.6 Å². The minimum atomic E-state index is -0.788. The molecule has 28 heavy (non-hydrogen) atoms. The summed E-state index contributed by atoms with van der Waals surface area (Å²) in [5.41, 5.74) is 8.55. The van der Waals surface area contributed by atoms with E-state index in [4.69, 9.17) is 33.7 Å². The van der Waals surface area contributed by atoms with Gasteiger partial charge in [0.1, 0.15) is 11.5 Å². The maximum atomic E-state index is 11.2. The fourth-order valence-corrected chi connectivity index (χ4v) is 3.43. The van der Waals surface area contributed by atoms with Crippen molar-refractivity contribution in [3.05, 3.63) is 81.8 Å². The van der Waals surface area contributed by atoms with Crippen LogP contribution in [-0.2, 0) is 11.2 Å². The summed E-state index contributed by atoms with van der Waals surface area (Å²) in [6.45, 7) is 1.56. The highest BCUT2D eigenvalue weighted by Crippen LogP contribution is 2.35. The molecule has 0 fully saturated rings. The van der Waals surface area contributed by atoms with Crippen LogP contribution in [0, 0.1) is 0 Å².